The van der Waals surface area contributed by atoms with Crippen molar-refractivity contribution >= 4 is 57.5 Å². The number of carbonyl (C=O) groups is 2. The molecule has 0 unspecified atom stereocenters. The van der Waals surface area contributed by atoms with Crippen LogP contribution in [0.5, 0.6) is 0 Å². The summed E-state index contributed by atoms with van der Waals surface area (Å²) >= 11 is 0. The maximum Gasteiger partial charge on any atom is 0.344 e. The number of nitrogens with zero attached hydrogens (tertiary/aromatic N) is 6. The highest BCUT2D eigenvalue weighted by Crippen LogP contribution is 2.50. The summed E-state index contributed by atoms with van der Waals surface area (Å²) in [7, 11) is 0. The Labute approximate surface area is 295 Å². The number of Topliss-reactive ketones (excluding diaryl/α,β-unsaturated/α-hetero) is 1. The van der Waals surface area contributed by atoms with Gasteiger partial charge in [0.25, 0.3) is 0 Å². The van der Waals surface area contributed by atoms with Crippen molar-refractivity contribution in [1.29, 1.82) is 0 Å². The van der Waals surface area contributed by atoms with Gasteiger partial charge in [0.15, 0.2) is 5.78 Å². The molecule has 5 heterocycles. The number of esters is 1. The maximum atomic E-state index is 13.7. The van der Waals surface area contributed by atoms with Crippen molar-refractivity contribution in [3.63, 3.8) is 0 Å². The largest absolute Gasteiger partial charge is 0.422 e. The first-order valence-corrected chi connectivity index (χ1v) is 16.7. The van der Waals surface area contributed by atoms with E-state index >= 15 is 0 Å². The first-order chi connectivity index (χ1) is 25.1. The lowest BCUT2D eigenvalue weighted by atomic mass is 9.92. The number of ketones is 1. The third-order valence-electron chi connectivity index (χ3n) is 8.82. The van der Waals surface area contributed by atoms with Gasteiger partial charge in [-0.2, -0.15) is 0 Å². The van der Waals surface area contributed by atoms with Gasteiger partial charge in [-0.25, -0.2) is 24.7 Å². The van der Waals surface area contributed by atoms with Crippen LogP contribution in [0.4, 0.5) is 34.6 Å². The lowest BCUT2D eigenvalue weighted by Crippen LogP contribution is -2.13. The fourth-order valence-electron chi connectivity index (χ4n) is 6.40. The Bertz CT molecular complexity index is 2180. The third-order valence-corrected chi connectivity index (χ3v) is 8.82. The zero-order valence-electron chi connectivity index (χ0n) is 27.8. The van der Waals surface area contributed by atoms with Crippen molar-refractivity contribution in [2.75, 3.05) is 9.80 Å². The van der Waals surface area contributed by atoms with E-state index in [0.29, 0.717) is 45.7 Å². The van der Waals surface area contributed by atoms with E-state index in [2.05, 4.69) is 19.9 Å². The van der Waals surface area contributed by atoms with Crippen LogP contribution in [0.2, 0.25) is 0 Å². The lowest BCUT2D eigenvalue weighted by molar-refractivity contribution is -0.131. The molecule has 1 aliphatic heterocycles. The van der Waals surface area contributed by atoms with Crippen molar-refractivity contribution < 1.29 is 14.3 Å². The van der Waals surface area contributed by atoms with E-state index in [9.17, 15) is 9.59 Å². The number of rotatable bonds is 10. The van der Waals surface area contributed by atoms with E-state index < -0.39 is 5.97 Å². The summed E-state index contributed by atoms with van der Waals surface area (Å²) in [4.78, 5) is 49.3. The monoisotopic (exact) mass is 668 g/mol. The predicted octanol–water partition coefficient (Wildman–Crippen LogP) is 8.93. The van der Waals surface area contributed by atoms with Gasteiger partial charge in [0.05, 0.1) is 11.1 Å². The third kappa shape index (κ3) is 6.28. The minimum atomic E-state index is -0.460. The molecular weight excluding hydrogens is 637 g/mol. The molecule has 1 saturated carbocycles. The maximum absolute atomic E-state index is 13.7. The van der Waals surface area contributed by atoms with Gasteiger partial charge in [-0.15, -0.1) is 0 Å². The predicted molar refractivity (Wildman–Crippen MR) is 197 cm³/mol. The number of benzene rings is 2. The lowest BCUT2D eigenvalue weighted by Gasteiger charge is -2.23. The molecule has 0 atom stereocenters. The summed E-state index contributed by atoms with van der Waals surface area (Å²) in [5.74, 6) is 2.66. The molecule has 9 heteroatoms. The van der Waals surface area contributed by atoms with Crippen LogP contribution in [-0.2, 0) is 14.3 Å². The smallest absolute Gasteiger partial charge is 0.344 e. The molecule has 9 nitrogen and oxygen atoms in total. The number of hydrogen-bond acceptors (Lipinski definition) is 9. The molecule has 51 heavy (non-hydrogen) atoms. The van der Waals surface area contributed by atoms with Gasteiger partial charge in [0.2, 0.25) is 0 Å². The van der Waals surface area contributed by atoms with Crippen molar-refractivity contribution in [1.82, 2.24) is 19.9 Å². The quantitative estimate of drug-likeness (QED) is 0.105. The summed E-state index contributed by atoms with van der Waals surface area (Å²) in [6.07, 6.45) is 8.78. The zero-order chi connectivity index (χ0) is 34.7. The summed E-state index contributed by atoms with van der Waals surface area (Å²) in [6, 6.07) is 38.2. The highest BCUT2D eigenvalue weighted by Gasteiger charge is 2.42. The van der Waals surface area contributed by atoms with Gasteiger partial charge < -0.3 is 4.74 Å². The van der Waals surface area contributed by atoms with Crippen LogP contribution in [0.1, 0.15) is 30.9 Å². The Hall–Kier alpha value is -6.74. The van der Waals surface area contributed by atoms with E-state index in [1.165, 1.54) is 6.92 Å². The molecule has 4 aromatic heterocycles. The van der Waals surface area contributed by atoms with Crippen molar-refractivity contribution in [2.24, 2.45) is 5.92 Å². The Kier molecular flexibility index (Phi) is 8.43. The minimum absolute atomic E-state index is 0.122. The Morgan fingerprint density at radius 3 is 1.41 bits per heavy atom. The van der Waals surface area contributed by atoms with Crippen LogP contribution >= 0.6 is 0 Å². The number of carbonyl (C=O) groups excluding carboxylic acids is 2. The van der Waals surface area contributed by atoms with Gasteiger partial charge in [-0.3, -0.25) is 14.6 Å². The standard InChI is InChI=1S/C42H32N6O3/c1-28(49)38(29-16-20-32(21-17-29)47(34-10-2-6-24-43-34)35-11-3-7-25-44-35)41-39(30-14-15-30)40(42(50)51-41)31-18-22-33(23-19-31)48(36-12-4-8-26-45-36)37-13-5-9-27-46-37/h2-13,16-27,30H,14-15H2,1H3/b41-38-. The van der Waals surface area contributed by atoms with Crippen LogP contribution in [-0.4, -0.2) is 31.7 Å². The van der Waals surface area contributed by atoms with Gasteiger partial charge in [0, 0.05) is 41.7 Å². The molecule has 0 radical (unpaired) electrons. The molecule has 1 aliphatic carbocycles. The molecule has 6 aromatic rings. The second kappa shape index (κ2) is 13.6. The fourth-order valence-corrected chi connectivity index (χ4v) is 6.40. The molecule has 0 saturated heterocycles. The van der Waals surface area contributed by atoms with Gasteiger partial charge in [-0.05, 0) is 110 Å². The van der Waals surface area contributed by atoms with Gasteiger partial charge in [-0.1, -0.05) is 48.5 Å². The molecule has 8 rings (SSSR count). The van der Waals surface area contributed by atoms with Crippen LogP contribution in [0, 0.1) is 5.92 Å². The van der Waals surface area contributed by atoms with Crippen LogP contribution < -0.4 is 9.80 Å². The molecular formula is C42H32N6O3. The number of hydrogen-bond donors (Lipinski definition) is 0. The minimum Gasteiger partial charge on any atom is -0.422 e. The average molecular weight is 669 g/mol. The average Bonchev–Trinajstić information content (AvgIpc) is 3.96. The number of allylic oxidation sites excluding steroid dienone is 2. The molecule has 2 aromatic carbocycles. The topological polar surface area (TPSA) is 101 Å². The molecule has 0 spiro atoms. The van der Waals surface area contributed by atoms with Crippen molar-refractivity contribution in [3.8, 4) is 0 Å². The second-order valence-electron chi connectivity index (χ2n) is 12.2. The van der Waals surface area contributed by atoms with Gasteiger partial charge >= 0.3 is 5.97 Å². The summed E-state index contributed by atoms with van der Waals surface area (Å²) in [5.41, 5.74) is 4.69. The number of anilines is 6. The Balaban J connectivity index is 1.18. The number of ether oxygens (including phenoxy) is 1. The van der Waals surface area contributed by atoms with Crippen LogP contribution in [0.15, 0.2) is 157 Å². The van der Waals surface area contributed by atoms with E-state index in [1.54, 1.807) is 24.8 Å². The first kappa shape index (κ1) is 31.5. The number of pyridine rings is 4. The molecule has 0 bridgehead atoms. The van der Waals surface area contributed by atoms with Gasteiger partial charge in [0.1, 0.15) is 29.0 Å². The van der Waals surface area contributed by atoms with E-state index in [0.717, 1.165) is 35.4 Å². The van der Waals surface area contributed by atoms with Crippen LogP contribution in [0.25, 0.3) is 11.1 Å². The van der Waals surface area contributed by atoms with Crippen molar-refractivity contribution in [2.45, 2.75) is 19.8 Å². The van der Waals surface area contributed by atoms with E-state index in [4.69, 9.17) is 4.74 Å². The zero-order valence-corrected chi connectivity index (χ0v) is 27.8. The van der Waals surface area contributed by atoms with E-state index in [1.807, 2.05) is 131 Å². The molecule has 0 amide bonds. The highest BCUT2D eigenvalue weighted by atomic mass is 16.5. The van der Waals surface area contributed by atoms with E-state index in [-0.39, 0.29) is 11.7 Å². The Morgan fingerprint density at radius 1 is 0.608 bits per heavy atom. The molecule has 0 N–H and O–H groups in total. The second-order valence-corrected chi connectivity index (χ2v) is 12.2. The molecule has 248 valence electrons. The summed E-state index contributed by atoms with van der Waals surface area (Å²) in [6.45, 7) is 1.51. The summed E-state index contributed by atoms with van der Waals surface area (Å²) in [5, 5.41) is 0. The number of cyclic esters (lactones) is 1. The molecule has 1 fully saturated rings. The summed E-state index contributed by atoms with van der Waals surface area (Å²) < 4.78 is 6.04. The van der Waals surface area contributed by atoms with Crippen LogP contribution in [0.3, 0.4) is 0 Å². The van der Waals surface area contributed by atoms with Crippen molar-refractivity contribution in [3.05, 3.63) is 169 Å². The first-order valence-electron chi connectivity index (χ1n) is 16.7. The highest BCUT2D eigenvalue weighted by molar-refractivity contribution is 6.27. The SMILES string of the molecule is CC(=O)/C(=C1/OC(=O)C(c2ccc(N(c3ccccn3)c3ccccn3)cc2)=C1C1CC1)c1ccc(N(c2ccccn2)c2ccccn2)cc1. The normalized spacial score (nSPS) is 15.0. The number of aromatic nitrogens is 4. The fraction of sp³-hybridized carbons (Fsp3) is 0.0952. The Morgan fingerprint density at radius 2 is 1.04 bits per heavy atom. The molecule has 2 aliphatic rings.